The first-order valence-electron chi connectivity index (χ1n) is 9.07. The van der Waals surface area contributed by atoms with Gasteiger partial charge in [0.15, 0.2) is 0 Å². The zero-order valence-electron chi connectivity index (χ0n) is 15.5. The number of rotatable bonds is 6. The highest BCUT2D eigenvalue weighted by Gasteiger charge is 2.21. The lowest BCUT2D eigenvalue weighted by Gasteiger charge is -2.08. The van der Waals surface area contributed by atoms with Crippen LogP contribution in [0.15, 0.2) is 54.7 Å². The number of methoxy groups -OCH3 is 1. The second-order valence-electron chi connectivity index (χ2n) is 6.84. The zero-order chi connectivity index (χ0) is 18.1. The minimum absolute atomic E-state index is 0.473. The van der Waals surface area contributed by atoms with Gasteiger partial charge in [-0.1, -0.05) is 26.0 Å². The molecule has 2 N–H and O–H groups in total. The molecule has 2 aromatic heterocycles. The summed E-state index contributed by atoms with van der Waals surface area (Å²) in [7, 11) is 1.69. The van der Waals surface area contributed by atoms with Crippen molar-refractivity contribution in [3.05, 3.63) is 54.7 Å². The molecule has 4 rings (SSSR count). The van der Waals surface area contributed by atoms with Crippen LogP contribution >= 0.6 is 0 Å². The second kappa shape index (κ2) is 6.84. The largest absolute Gasteiger partial charge is 0.497 e. The Kier molecular flexibility index (Phi) is 4.39. The Morgan fingerprint density at radius 2 is 1.88 bits per heavy atom. The first kappa shape index (κ1) is 16.7. The minimum atomic E-state index is 0.473. The first-order chi connectivity index (χ1) is 12.7. The molecule has 0 aliphatic rings. The lowest BCUT2D eigenvalue weighted by molar-refractivity contribution is -0.479. The van der Waals surface area contributed by atoms with Crippen LogP contribution in [0.4, 0.5) is 0 Å². The molecule has 0 amide bonds. The Bertz CT molecular complexity index is 1030. The van der Waals surface area contributed by atoms with E-state index in [1.807, 2.05) is 12.1 Å². The van der Waals surface area contributed by atoms with Gasteiger partial charge in [0.2, 0.25) is 0 Å². The van der Waals surface area contributed by atoms with E-state index in [2.05, 4.69) is 75.7 Å². The third-order valence-corrected chi connectivity index (χ3v) is 4.71. The zero-order valence-corrected chi connectivity index (χ0v) is 15.5. The summed E-state index contributed by atoms with van der Waals surface area (Å²) in [5.74, 6) is 1.97. The molecule has 5 nitrogen and oxygen atoms in total. The van der Waals surface area contributed by atoms with Crippen LogP contribution in [0.2, 0.25) is 0 Å². The normalized spacial score (nSPS) is 11.7. The molecule has 0 saturated carbocycles. The number of hydrogen-bond acceptors (Lipinski definition) is 2. The molecule has 0 spiro atoms. The maximum absolute atomic E-state index is 5.30. The molecule has 0 aliphatic carbocycles. The summed E-state index contributed by atoms with van der Waals surface area (Å²) >= 11 is 0. The van der Waals surface area contributed by atoms with Gasteiger partial charge in [-0.2, -0.15) is 4.40 Å². The van der Waals surface area contributed by atoms with Crippen molar-refractivity contribution < 1.29 is 9.14 Å². The van der Waals surface area contributed by atoms with E-state index in [0.717, 1.165) is 30.1 Å². The number of aromatic amines is 1. The molecule has 5 heteroatoms. The highest BCUT2D eigenvalue weighted by molar-refractivity contribution is 5.74. The predicted molar refractivity (Wildman–Crippen MR) is 105 cm³/mol. The van der Waals surface area contributed by atoms with Crippen molar-refractivity contribution in [1.29, 1.82) is 0 Å². The fraction of sp³-hybridized carbons (Fsp3) is 0.286. The second-order valence-corrected chi connectivity index (χ2v) is 6.84. The van der Waals surface area contributed by atoms with Crippen molar-refractivity contribution in [3.63, 3.8) is 0 Å². The fourth-order valence-corrected chi connectivity index (χ4v) is 3.40. The van der Waals surface area contributed by atoms with E-state index in [4.69, 9.17) is 4.74 Å². The molecule has 2 heterocycles. The lowest BCUT2D eigenvalue weighted by Crippen LogP contribution is -2.27. The average Bonchev–Trinajstić information content (AvgIpc) is 3.18. The highest BCUT2D eigenvalue weighted by atomic mass is 16.5. The van der Waals surface area contributed by atoms with Gasteiger partial charge >= 0.3 is 5.78 Å². The number of H-pyrrole nitrogens is 1. The number of fused-ring (bicyclic) bond motifs is 3. The van der Waals surface area contributed by atoms with Gasteiger partial charge in [-0.3, -0.25) is 0 Å². The molecule has 0 atom stereocenters. The summed E-state index contributed by atoms with van der Waals surface area (Å²) < 4.78 is 9.88. The molecular weight excluding hydrogens is 324 g/mol. The fourth-order valence-electron chi connectivity index (χ4n) is 3.40. The molecule has 134 valence electrons. The number of benzene rings is 2. The molecule has 0 aliphatic heterocycles. The SMILES string of the molecule is COc1ccc(-c2c[n+]3c4ccccc4[nH]c3n2CCNC(C)C)cc1. The summed E-state index contributed by atoms with van der Waals surface area (Å²) in [6, 6.07) is 17.1. The summed E-state index contributed by atoms with van der Waals surface area (Å²) in [4.78, 5) is 3.57. The van der Waals surface area contributed by atoms with E-state index < -0.39 is 0 Å². The third kappa shape index (κ3) is 2.95. The first-order valence-corrected chi connectivity index (χ1v) is 9.07. The van der Waals surface area contributed by atoms with E-state index in [1.165, 1.54) is 16.8 Å². The quantitative estimate of drug-likeness (QED) is 0.524. The summed E-state index contributed by atoms with van der Waals surface area (Å²) in [5.41, 5.74) is 4.70. The maximum atomic E-state index is 5.30. The molecule has 4 aromatic rings. The molecule has 0 radical (unpaired) electrons. The smallest absolute Gasteiger partial charge is 0.368 e. The lowest BCUT2D eigenvalue weighted by atomic mass is 10.1. The number of para-hydroxylation sites is 2. The highest BCUT2D eigenvalue weighted by Crippen LogP contribution is 2.24. The van der Waals surface area contributed by atoms with Crippen molar-refractivity contribution >= 4 is 16.8 Å². The molecule has 2 aromatic carbocycles. The third-order valence-electron chi connectivity index (χ3n) is 4.71. The summed E-state index contributed by atoms with van der Waals surface area (Å²) in [6.45, 7) is 6.16. The van der Waals surface area contributed by atoms with Crippen LogP contribution < -0.4 is 14.5 Å². The van der Waals surface area contributed by atoms with Gasteiger partial charge in [0, 0.05) is 18.2 Å². The monoisotopic (exact) mass is 349 g/mol. The van der Waals surface area contributed by atoms with Gasteiger partial charge in [-0.05, 0) is 36.4 Å². The maximum Gasteiger partial charge on any atom is 0.368 e. The summed E-state index contributed by atoms with van der Waals surface area (Å²) in [5, 5.41) is 3.52. The Morgan fingerprint density at radius 1 is 1.12 bits per heavy atom. The summed E-state index contributed by atoms with van der Waals surface area (Å²) in [6.07, 6.45) is 2.21. The van der Waals surface area contributed by atoms with E-state index in [9.17, 15) is 0 Å². The van der Waals surface area contributed by atoms with Crippen molar-refractivity contribution in [1.82, 2.24) is 14.9 Å². The van der Waals surface area contributed by atoms with Gasteiger partial charge in [0.1, 0.15) is 28.7 Å². The van der Waals surface area contributed by atoms with Crippen LogP contribution in [0.25, 0.3) is 28.1 Å². The number of ether oxygens (including phenoxy) is 1. The van der Waals surface area contributed by atoms with Crippen LogP contribution in [-0.2, 0) is 6.54 Å². The Labute approximate surface area is 153 Å². The number of imidazole rings is 2. The van der Waals surface area contributed by atoms with Crippen LogP contribution in [0.1, 0.15) is 13.8 Å². The number of aromatic nitrogens is 3. The van der Waals surface area contributed by atoms with Crippen molar-refractivity contribution in [3.8, 4) is 17.0 Å². The van der Waals surface area contributed by atoms with Crippen molar-refractivity contribution in [2.45, 2.75) is 26.4 Å². The van der Waals surface area contributed by atoms with Gasteiger partial charge in [0.25, 0.3) is 0 Å². The molecule has 26 heavy (non-hydrogen) atoms. The van der Waals surface area contributed by atoms with E-state index in [-0.39, 0.29) is 0 Å². The van der Waals surface area contributed by atoms with Crippen molar-refractivity contribution in [2.24, 2.45) is 0 Å². The van der Waals surface area contributed by atoms with Crippen LogP contribution in [0.3, 0.4) is 0 Å². The van der Waals surface area contributed by atoms with Crippen LogP contribution in [0.5, 0.6) is 5.75 Å². The average molecular weight is 349 g/mol. The Morgan fingerprint density at radius 3 is 2.62 bits per heavy atom. The van der Waals surface area contributed by atoms with Gasteiger partial charge in [-0.15, -0.1) is 0 Å². The van der Waals surface area contributed by atoms with Gasteiger partial charge < -0.3 is 10.1 Å². The predicted octanol–water partition coefficient (Wildman–Crippen LogP) is 3.38. The van der Waals surface area contributed by atoms with E-state index in [0.29, 0.717) is 6.04 Å². The Hall–Kier alpha value is -2.79. The minimum Gasteiger partial charge on any atom is -0.497 e. The molecule has 0 bridgehead atoms. The standard InChI is InChI=1S/C21H24N4O/c1-15(2)22-12-13-24-20(16-8-10-17(26-3)11-9-16)14-25-19-7-5-4-6-18(19)23-21(24)25/h4-11,14-15,22H,12-13H2,1-3H3/p+1. The van der Waals surface area contributed by atoms with Gasteiger partial charge in [0.05, 0.1) is 13.7 Å². The van der Waals surface area contributed by atoms with E-state index >= 15 is 0 Å². The molecule has 0 unspecified atom stereocenters. The van der Waals surface area contributed by atoms with Crippen LogP contribution in [0, 0.1) is 0 Å². The molecular formula is C21H25N4O+. The number of nitrogens with one attached hydrogen (secondary N) is 2. The topological polar surface area (TPSA) is 46.1 Å². The number of hydrogen-bond donors (Lipinski definition) is 2. The Balaban J connectivity index is 1.83. The van der Waals surface area contributed by atoms with Gasteiger partial charge in [-0.25, -0.2) is 9.55 Å². The molecule has 0 fully saturated rings. The van der Waals surface area contributed by atoms with Crippen LogP contribution in [-0.4, -0.2) is 29.2 Å². The van der Waals surface area contributed by atoms with Crippen molar-refractivity contribution in [2.75, 3.05) is 13.7 Å². The number of nitrogens with zero attached hydrogens (tertiary/aromatic N) is 2. The molecule has 0 saturated heterocycles. The van der Waals surface area contributed by atoms with E-state index in [1.54, 1.807) is 7.11 Å².